The van der Waals surface area contributed by atoms with Crippen LogP contribution in [0.1, 0.15) is 38.8 Å². The highest BCUT2D eigenvalue weighted by Crippen LogP contribution is 2.06. The maximum Gasteiger partial charge on any atom is -0.0260 e. The summed E-state index contributed by atoms with van der Waals surface area (Å²) in [6.07, 6.45) is 5.29. The van der Waals surface area contributed by atoms with E-state index in [0.29, 0.717) is 0 Å². The first-order chi connectivity index (χ1) is 6.36. The lowest BCUT2D eigenvalue weighted by atomic mass is 10.1. The van der Waals surface area contributed by atoms with Gasteiger partial charge in [-0.15, -0.1) is 0 Å². The maximum absolute atomic E-state index is 2.18. The van der Waals surface area contributed by atoms with E-state index in [1.54, 1.807) is 0 Å². The summed E-state index contributed by atoms with van der Waals surface area (Å²) in [5, 5.41) is 0. The summed E-state index contributed by atoms with van der Waals surface area (Å²) in [6, 6.07) is 8.66. The van der Waals surface area contributed by atoms with E-state index in [1.165, 1.54) is 11.1 Å². The van der Waals surface area contributed by atoms with Crippen LogP contribution in [-0.2, 0) is 6.42 Å². The highest BCUT2D eigenvalue weighted by atomic mass is 13.9. The topological polar surface area (TPSA) is 0 Å². The molecule has 0 N–H and O–H groups in total. The molecule has 0 unspecified atom stereocenters. The Kier molecular flexibility index (Phi) is 6.99. The lowest BCUT2D eigenvalue weighted by Gasteiger charge is -1.95. The summed E-state index contributed by atoms with van der Waals surface area (Å²) >= 11 is 0. The van der Waals surface area contributed by atoms with Crippen molar-refractivity contribution in [1.82, 2.24) is 0 Å². The van der Waals surface area contributed by atoms with Crippen LogP contribution in [-0.4, -0.2) is 0 Å². The molecular formula is C13H20. The Morgan fingerprint density at radius 1 is 1.08 bits per heavy atom. The van der Waals surface area contributed by atoms with Crippen molar-refractivity contribution in [2.75, 3.05) is 0 Å². The van der Waals surface area contributed by atoms with E-state index < -0.39 is 0 Å². The van der Waals surface area contributed by atoms with E-state index >= 15 is 0 Å². The van der Waals surface area contributed by atoms with Crippen LogP contribution in [0.15, 0.2) is 30.3 Å². The Morgan fingerprint density at radius 2 is 1.62 bits per heavy atom. The van der Waals surface area contributed by atoms with Gasteiger partial charge in [-0.2, -0.15) is 0 Å². The minimum absolute atomic E-state index is 1.12. The van der Waals surface area contributed by atoms with Crippen molar-refractivity contribution >= 4 is 6.08 Å². The Balaban J connectivity index is 0.000000671. The van der Waals surface area contributed by atoms with Gasteiger partial charge in [-0.1, -0.05) is 57.2 Å². The van der Waals surface area contributed by atoms with Crippen LogP contribution in [0.4, 0.5) is 0 Å². The number of aryl methyl sites for hydroxylation is 1. The van der Waals surface area contributed by atoms with E-state index in [-0.39, 0.29) is 0 Å². The third kappa shape index (κ3) is 4.51. The molecule has 0 atom stereocenters. The molecule has 0 aromatic heterocycles. The fourth-order valence-corrected chi connectivity index (χ4v) is 1.06. The number of rotatable bonds is 2. The molecule has 1 aromatic carbocycles. The lowest BCUT2D eigenvalue weighted by Crippen LogP contribution is -1.78. The zero-order chi connectivity index (χ0) is 10.1. The molecule has 0 heterocycles. The van der Waals surface area contributed by atoms with Gasteiger partial charge in [0.1, 0.15) is 0 Å². The van der Waals surface area contributed by atoms with Gasteiger partial charge in [0.05, 0.1) is 0 Å². The molecule has 72 valence electrons. The van der Waals surface area contributed by atoms with Crippen LogP contribution in [0.2, 0.25) is 0 Å². The highest BCUT2D eigenvalue weighted by molar-refractivity contribution is 5.49. The van der Waals surface area contributed by atoms with Gasteiger partial charge < -0.3 is 0 Å². The molecule has 0 nitrogen and oxygen atoms in total. The minimum atomic E-state index is 1.12. The SMILES string of the molecule is CC.CC=Cc1ccc(CC)cc1. The third-order valence-corrected chi connectivity index (χ3v) is 1.75. The molecule has 0 aliphatic rings. The first-order valence-electron chi connectivity index (χ1n) is 5.08. The van der Waals surface area contributed by atoms with E-state index in [4.69, 9.17) is 0 Å². The first-order valence-corrected chi connectivity index (χ1v) is 5.08. The van der Waals surface area contributed by atoms with Crippen LogP contribution in [0.3, 0.4) is 0 Å². The summed E-state index contributed by atoms with van der Waals surface area (Å²) in [6.45, 7) is 8.21. The predicted octanol–water partition coefficient (Wildman–Crippen LogP) is 4.31. The van der Waals surface area contributed by atoms with Gasteiger partial charge in [-0.3, -0.25) is 0 Å². The molecule has 0 fully saturated rings. The maximum atomic E-state index is 2.18. The zero-order valence-corrected chi connectivity index (χ0v) is 9.17. The molecule has 1 aromatic rings. The van der Waals surface area contributed by atoms with Crippen molar-refractivity contribution in [3.8, 4) is 0 Å². The van der Waals surface area contributed by atoms with Gasteiger partial charge in [-0.25, -0.2) is 0 Å². The summed E-state index contributed by atoms with van der Waals surface area (Å²) in [4.78, 5) is 0. The van der Waals surface area contributed by atoms with Crippen molar-refractivity contribution in [1.29, 1.82) is 0 Å². The molecule has 0 amide bonds. The summed E-state index contributed by atoms with van der Waals surface area (Å²) in [5.41, 5.74) is 2.68. The van der Waals surface area contributed by atoms with E-state index in [9.17, 15) is 0 Å². The molecule has 0 radical (unpaired) electrons. The second-order valence-electron chi connectivity index (χ2n) is 2.60. The van der Waals surface area contributed by atoms with E-state index in [1.807, 2.05) is 20.8 Å². The Morgan fingerprint density at radius 3 is 2.00 bits per heavy atom. The van der Waals surface area contributed by atoms with Crippen LogP contribution in [0.5, 0.6) is 0 Å². The number of allylic oxidation sites excluding steroid dienone is 1. The molecule has 0 bridgehead atoms. The molecule has 0 heteroatoms. The minimum Gasteiger partial charge on any atom is -0.0871 e. The largest absolute Gasteiger partial charge is 0.0871 e. The van der Waals surface area contributed by atoms with Gasteiger partial charge >= 0.3 is 0 Å². The molecule has 0 aliphatic carbocycles. The second kappa shape index (κ2) is 7.60. The number of hydrogen-bond acceptors (Lipinski definition) is 0. The average Bonchev–Trinajstić information content (AvgIpc) is 2.23. The normalized spacial score (nSPS) is 9.54. The molecule has 0 saturated heterocycles. The highest BCUT2D eigenvalue weighted by Gasteiger charge is 1.87. The monoisotopic (exact) mass is 176 g/mol. The average molecular weight is 176 g/mol. The van der Waals surface area contributed by atoms with Gasteiger partial charge in [0.25, 0.3) is 0 Å². The summed E-state index contributed by atoms with van der Waals surface area (Å²) < 4.78 is 0. The van der Waals surface area contributed by atoms with Crippen molar-refractivity contribution in [3.63, 3.8) is 0 Å². The van der Waals surface area contributed by atoms with Crippen LogP contribution in [0, 0.1) is 0 Å². The fraction of sp³-hybridized carbons (Fsp3) is 0.385. The molecule has 0 spiro atoms. The summed E-state index contributed by atoms with van der Waals surface area (Å²) in [7, 11) is 0. The van der Waals surface area contributed by atoms with Crippen molar-refractivity contribution in [2.24, 2.45) is 0 Å². The Hall–Kier alpha value is -1.04. The van der Waals surface area contributed by atoms with Gasteiger partial charge in [-0.05, 0) is 24.5 Å². The second-order valence-corrected chi connectivity index (χ2v) is 2.60. The van der Waals surface area contributed by atoms with Gasteiger partial charge in [0.2, 0.25) is 0 Å². The lowest BCUT2D eigenvalue weighted by molar-refractivity contribution is 1.14. The van der Waals surface area contributed by atoms with Crippen molar-refractivity contribution < 1.29 is 0 Å². The van der Waals surface area contributed by atoms with Crippen LogP contribution < -0.4 is 0 Å². The third-order valence-electron chi connectivity index (χ3n) is 1.75. The van der Waals surface area contributed by atoms with Crippen molar-refractivity contribution in [2.45, 2.75) is 34.1 Å². The first kappa shape index (κ1) is 12.0. The predicted molar refractivity (Wildman–Crippen MR) is 61.9 cm³/mol. The van der Waals surface area contributed by atoms with E-state index in [2.05, 4.69) is 43.3 Å². The van der Waals surface area contributed by atoms with E-state index in [0.717, 1.165) is 6.42 Å². The summed E-state index contributed by atoms with van der Waals surface area (Å²) in [5.74, 6) is 0. The zero-order valence-electron chi connectivity index (χ0n) is 9.17. The van der Waals surface area contributed by atoms with Gasteiger partial charge in [0.15, 0.2) is 0 Å². The molecular weight excluding hydrogens is 156 g/mol. The van der Waals surface area contributed by atoms with Crippen LogP contribution in [0.25, 0.3) is 6.08 Å². The van der Waals surface area contributed by atoms with Gasteiger partial charge in [0, 0.05) is 0 Å². The number of hydrogen-bond donors (Lipinski definition) is 0. The Labute approximate surface area is 82.3 Å². The molecule has 1 rings (SSSR count). The molecule has 0 saturated carbocycles. The Bertz CT molecular complexity index is 229. The molecule has 0 aliphatic heterocycles. The number of benzene rings is 1. The quantitative estimate of drug-likeness (QED) is 0.630. The molecule has 13 heavy (non-hydrogen) atoms. The van der Waals surface area contributed by atoms with Crippen LogP contribution >= 0.6 is 0 Å². The van der Waals surface area contributed by atoms with Crippen molar-refractivity contribution in [3.05, 3.63) is 41.5 Å². The fourth-order valence-electron chi connectivity index (χ4n) is 1.06. The standard InChI is InChI=1S/C11H14.C2H6/c1-3-5-11-8-6-10(4-2)7-9-11;1-2/h3,5-9H,4H2,1-2H3;1-2H3. The smallest absolute Gasteiger partial charge is 0.0260 e.